The fraction of sp³-hybridized carbons (Fsp3) is 0.722. The Labute approximate surface area is 130 Å². The molecule has 1 aromatic heterocycles. The van der Waals surface area contributed by atoms with E-state index in [-0.39, 0.29) is 0 Å². The number of aryl methyl sites for hydroxylation is 1. The maximum Gasteiger partial charge on any atom is 0.131 e. The van der Waals surface area contributed by atoms with Crippen molar-refractivity contribution in [3.05, 3.63) is 23.4 Å². The molecule has 2 rings (SSSR count). The third kappa shape index (κ3) is 4.44. The first-order chi connectivity index (χ1) is 9.97. The van der Waals surface area contributed by atoms with Gasteiger partial charge >= 0.3 is 0 Å². The van der Waals surface area contributed by atoms with E-state index >= 15 is 0 Å². The highest BCUT2D eigenvalue weighted by atomic mass is 15.2. The second-order valence-electron chi connectivity index (χ2n) is 7.25. The van der Waals surface area contributed by atoms with Gasteiger partial charge in [-0.25, -0.2) is 4.98 Å². The SMILES string of the molecule is Cc1cc(CNCC(C)C)cnc1N1CCC(C(C)C)C1. The van der Waals surface area contributed by atoms with Crippen molar-refractivity contribution in [1.82, 2.24) is 10.3 Å². The van der Waals surface area contributed by atoms with Gasteiger partial charge in [-0.1, -0.05) is 27.7 Å². The molecule has 0 saturated carbocycles. The summed E-state index contributed by atoms with van der Waals surface area (Å²) in [6, 6.07) is 2.29. The molecule has 3 nitrogen and oxygen atoms in total. The average molecular weight is 289 g/mol. The van der Waals surface area contributed by atoms with Crippen LogP contribution in [-0.2, 0) is 6.54 Å². The van der Waals surface area contributed by atoms with Crippen molar-refractivity contribution in [2.75, 3.05) is 24.5 Å². The van der Waals surface area contributed by atoms with E-state index in [1.54, 1.807) is 0 Å². The fourth-order valence-electron chi connectivity index (χ4n) is 3.08. The van der Waals surface area contributed by atoms with Crippen LogP contribution in [0.2, 0.25) is 0 Å². The molecule has 1 N–H and O–H groups in total. The lowest BCUT2D eigenvalue weighted by atomic mass is 9.95. The minimum absolute atomic E-state index is 0.691. The number of hydrogen-bond acceptors (Lipinski definition) is 3. The zero-order chi connectivity index (χ0) is 15.4. The second-order valence-corrected chi connectivity index (χ2v) is 7.25. The molecule has 0 radical (unpaired) electrons. The first-order valence-electron chi connectivity index (χ1n) is 8.38. The van der Waals surface area contributed by atoms with Gasteiger partial charge in [-0.3, -0.25) is 0 Å². The Morgan fingerprint density at radius 1 is 1.33 bits per heavy atom. The van der Waals surface area contributed by atoms with Gasteiger partial charge in [0.1, 0.15) is 5.82 Å². The van der Waals surface area contributed by atoms with E-state index in [1.165, 1.54) is 23.4 Å². The molecule has 3 heteroatoms. The molecule has 2 heterocycles. The fourth-order valence-corrected chi connectivity index (χ4v) is 3.08. The van der Waals surface area contributed by atoms with E-state index in [0.717, 1.165) is 38.0 Å². The number of aromatic nitrogens is 1. The molecule has 1 fully saturated rings. The summed E-state index contributed by atoms with van der Waals surface area (Å²) < 4.78 is 0. The highest BCUT2D eigenvalue weighted by Gasteiger charge is 2.26. The summed E-state index contributed by atoms with van der Waals surface area (Å²) in [7, 11) is 0. The van der Waals surface area contributed by atoms with Crippen molar-refractivity contribution in [1.29, 1.82) is 0 Å². The van der Waals surface area contributed by atoms with E-state index < -0.39 is 0 Å². The molecule has 0 spiro atoms. The molecular formula is C18H31N3. The first-order valence-corrected chi connectivity index (χ1v) is 8.38. The van der Waals surface area contributed by atoms with E-state index in [2.05, 4.69) is 50.9 Å². The molecule has 0 aromatic carbocycles. The molecule has 0 bridgehead atoms. The van der Waals surface area contributed by atoms with Crippen LogP contribution < -0.4 is 10.2 Å². The highest BCUT2D eigenvalue weighted by molar-refractivity contribution is 5.48. The summed E-state index contributed by atoms with van der Waals surface area (Å²) in [6.07, 6.45) is 3.34. The van der Waals surface area contributed by atoms with Gasteiger partial charge in [0.25, 0.3) is 0 Å². The van der Waals surface area contributed by atoms with Crippen LogP contribution in [0, 0.1) is 24.7 Å². The maximum atomic E-state index is 4.74. The minimum Gasteiger partial charge on any atom is -0.356 e. The zero-order valence-corrected chi connectivity index (χ0v) is 14.3. The molecular weight excluding hydrogens is 258 g/mol. The summed E-state index contributed by atoms with van der Waals surface area (Å²) in [5, 5.41) is 3.49. The molecule has 1 atom stereocenters. The molecule has 1 saturated heterocycles. The van der Waals surface area contributed by atoms with Crippen molar-refractivity contribution in [3.8, 4) is 0 Å². The molecule has 0 amide bonds. The Kier molecular flexibility index (Phi) is 5.63. The monoisotopic (exact) mass is 289 g/mol. The Balaban J connectivity index is 1.96. The predicted octanol–water partition coefficient (Wildman–Crippen LogP) is 3.62. The van der Waals surface area contributed by atoms with Gasteiger partial charge < -0.3 is 10.2 Å². The zero-order valence-electron chi connectivity index (χ0n) is 14.3. The van der Waals surface area contributed by atoms with Crippen LogP contribution >= 0.6 is 0 Å². The normalized spacial score (nSPS) is 19.0. The summed E-state index contributed by atoms with van der Waals surface area (Å²) in [5.74, 6) is 3.47. The van der Waals surface area contributed by atoms with Crippen molar-refractivity contribution in [2.24, 2.45) is 17.8 Å². The number of hydrogen-bond donors (Lipinski definition) is 1. The third-order valence-corrected chi connectivity index (χ3v) is 4.46. The second kappa shape index (κ2) is 7.26. The van der Waals surface area contributed by atoms with Crippen molar-refractivity contribution in [2.45, 2.75) is 47.6 Å². The molecule has 1 aliphatic rings. The van der Waals surface area contributed by atoms with Gasteiger partial charge in [-0.15, -0.1) is 0 Å². The standard InChI is InChI=1S/C18H31N3/c1-13(2)9-19-10-16-8-15(5)18(20-11-16)21-7-6-17(12-21)14(3)4/h8,11,13-14,17,19H,6-7,9-10,12H2,1-5H3. The number of nitrogens with one attached hydrogen (secondary N) is 1. The number of anilines is 1. The molecule has 1 aliphatic heterocycles. The largest absolute Gasteiger partial charge is 0.356 e. The van der Waals surface area contributed by atoms with Gasteiger partial charge in [0.15, 0.2) is 0 Å². The molecule has 118 valence electrons. The van der Waals surface area contributed by atoms with Gasteiger partial charge in [-0.2, -0.15) is 0 Å². The Morgan fingerprint density at radius 2 is 2.10 bits per heavy atom. The van der Waals surface area contributed by atoms with Crippen LogP contribution in [0.4, 0.5) is 5.82 Å². The number of nitrogens with zero attached hydrogens (tertiary/aromatic N) is 2. The number of pyridine rings is 1. The average Bonchev–Trinajstić information content (AvgIpc) is 2.88. The molecule has 1 unspecified atom stereocenters. The lowest BCUT2D eigenvalue weighted by molar-refractivity contribution is 0.422. The lowest BCUT2D eigenvalue weighted by Crippen LogP contribution is -2.23. The Bertz CT molecular complexity index is 454. The van der Waals surface area contributed by atoms with Gasteiger partial charge in [0, 0.05) is 25.8 Å². The highest BCUT2D eigenvalue weighted by Crippen LogP contribution is 2.29. The van der Waals surface area contributed by atoms with Crippen LogP contribution in [0.25, 0.3) is 0 Å². The lowest BCUT2D eigenvalue weighted by Gasteiger charge is -2.21. The minimum atomic E-state index is 0.691. The van der Waals surface area contributed by atoms with Crippen molar-refractivity contribution in [3.63, 3.8) is 0 Å². The van der Waals surface area contributed by atoms with Gasteiger partial charge in [0.2, 0.25) is 0 Å². The van der Waals surface area contributed by atoms with E-state index in [0.29, 0.717) is 5.92 Å². The summed E-state index contributed by atoms with van der Waals surface area (Å²) in [5.41, 5.74) is 2.60. The van der Waals surface area contributed by atoms with Crippen LogP contribution in [0.15, 0.2) is 12.3 Å². The van der Waals surface area contributed by atoms with Crippen molar-refractivity contribution >= 4 is 5.82 Å². The quantitative estimate of drug-likeness (QED) is 0.867. The number of rotatable bonds is 6. The van der Waals surface area contributed by atoms with E-state index in [1.807, 2.05) is 6.20 Å². The Morgan fingerprint density at radius 3 is 2.67 bits per heavy atom. The Hall–Kier alpha value is -1.09. The topological polar surface area (TPSA) is 28.2 Å². The molecule has 0 aliphatic carbocycles. The van der Waals surface area contributed by atoms with Gasteiger partial charge in [-0.05, 0) is 54.8 Å². The van der Waals surface area contributed by atoms with Crippen LogP contribution in [-0.4, -0.2) is 24.6 Å². The van der Waals surface area contributed by atoms with Crippen LogP contribution in [0.3, 0.4) is 0 Å². The summed E-state index contributed by atoms with van der Waals surface area (Å²) in [4.78, 5) is 7.20. The maximum absolute atomic E-state index is 4.74. The smallest absolute Gasteiger partial charge is 0.131 e. The first kappa shape index (κ1) is 16.3. The van der Waals surface area contributed by atoms with E-state index in [4.69, 9.17) is 4.98 Å². The third-order valence-electron chi connectivity index (χ3n) is 4.46. The molecule has 1 aromatic rings. The summed E-state index contributed by atoms with van der Waals surface area (Å²) >= 11 is 0. The van der Waals surface area contributed by atoms with E-state index in [9.17, 15) is 0 Å². The predicted molar refractivity (Wildman–Crippen MR) is 90.7 cm³/mol. The van der Waals surface area contributed by atoms with Crippen molar-refractivity contribution < 1.29 is 0 Å². The van der Waals surface area contributed by atoms with Crippen LogP contribution in [0.1, 0.15) is 45.2 Å². The van der Waals surface area contributed by atoms with Crippen LogP contribution in [0.5, 0.6) is 0 Å². The molecule has 21 heavy (non-hydrogen) atoms. The van der Waals surface area contributed by atoms with Gasteiger partial charge in [0.05, 0.1) is 0 Å². The summed E-state index contributed by atoms with van der Waals surface area (Å²) in [6.45, 7) is 15.6.